The average Bonchev–Trinajstić information content (AvgIpc) is 2.17. The second-order valence-corrected chi connectivity index (χ2v) is 2.91. The van der Waals surface area contributed by atoms with Crippen LogP contribution in [0, 0.1) is 0 Å². The number of carbonyl (C=O) groups excluding carboxylic acids is 1. The zero-order chi connectivity index (χ0) is 9.84. The number of carbonyl (C=O) groups is 1. The average molecular weight is 179 g/mol. The summed E-state index contributed by atoms with van der Waals surface area (Å²) in [5.41, 5.74) is 6.12. The zero-order valence-electron chi connectivity index (χ0n) is 7.77. The molecule has 13 heavy (non-hydrogen) atoms. The molecule has 4 nitrogen and oxygen atoms in total. The second-order valence-electron chi connectivity index (χ2n) is 2.91. The van der Waals surface area contributed by atoms with Gasteiger partial charge < -0.3 is 10.6 Å². The molecule has 1 aromatic heterocycles. The van der Waals surface area contributed by atoms with Gasteiger partial charge >= 0.3 is 6.03 Å². The van der Waals surface area contributed by atoms with Crippen LogP contribution in [0.25, 0.3) is 0 Å². The molecule has 1 heterocycles. The Kier molecular flexibility index (Phi) is 2.84. The van der Waals surface area contributed by atoms with Crippen molar-refractivity contribution < 1.29 is 4.79 Å². The highest BCUT2D eigenvalue weighted by Gasteiger charge is 2.13. The van der Waals surface area contributed by atoms with Crippen molar-refractivity contribution in [2.75, 3.05) is 7.05 Å². The minimum absolute atomic E-state index is 0.0359. The van der Waals surface area contributed by atoms with Crippen molar-refractivity contribution in [2.24, 2.45) is 5.73 Å². The van der Waals surface area contributed by atoms with Gasteiger partial charge in [0.05, 0.1) is 6.04 Å². The summed E-state index contributed by atoms with van der Waals surface area (Å²) >= 11 is 0. The number of aromatic nitrogens is 1. The molecular formula is C9H13N3O. The van der Waals surface area contributed by atoms with Gasteiger partial charge in [0.15, 0.2) is 0 Å². The molecule has 0 aliphatic heterocycles. The van der Waals surface area contributed by atoms with Gasteiger partial charge in [-0.2, -0.15) is 0 Å². The van der Waals surface area contributed by atoms with E-state index in [1.807, 2.05) is 19.1 Å². The van der Waals surface area contributed by atoms with Gasteiger partial charge in [-0.3, -0.25) is 4.98 Å². The summed E-state index contributed by atoms with van der Waals surface area (Å²) in [6.07, 6.45) is 3.42. The quantitative estimate of drug-likeness (QED) is 0.740. The summed E-state index contributed by atoms with van der Waals surface area (Å²) in [6.45, 7) is 1.90. The maximum Gasteiger partial charge on any atom is 0.315 e. The van der Waals surface area contributed by atoms with Crippen LogP contribution >= 0.6 is 0 Å². The monoisotopic (exact) mass is 179 g/mol. The Morgan fingerprint density at radius 2 is 2.38 bits per heavy atom. The molecule has 0 fully saturated rings. The van der Waals surface area contributed by atoms with E-state index in [-0.39, 0.29) is 6.04 Å². The van der Waals surface area contributed by atoms with E-state index in [4.69, 9.17) is 5.73 Å². The lowest BCUT2D eigenvalue weighted by molar-refractivity contribution is 0.204. The molecule has 0 spiro atoms. The predicted octanol–water partition coefficient (Wildman–Crippen LogP) is 1.15. The zero-order valence-corrected chi connectivity index (χ0v) is 7.77. The minimum Gasteiger partial charge on any atom is -0.351 e. The maximum atomic E-state index is 10.8. The Morgan fingerprint density at radius 3 is 2.85 bits per heavy atom. The van der Waals surface area contributed by atoms with E-state index in [0.29, 0.717) is 0 Å². The standard InChI is InChI=1S/C9H13N3O/c1-7(12(2)9(10)13)8-4-3-5-11-6-8/h3-7H,1-2H3,(H2,10,13). The molecule has 1 aromatic rings. The van der Waals surface area contributed by atoms with Crippen LogP contribution in [0.1, 0.15) is 18.5 Å². The molecule has 4 heteroatoms. The van der Waals surface area contributed by atoms with Gasteiger partial charge in [0.1, 0.15) is 0 Å². The van der Waals surface area contributed by atoms with Gasteiger partial charge in [-0.1, -0.05) is 6.07 Å². The molecule has 0 saturated carbocycles. The fourth-order valence-electron chi connectivity index (χ4n) is 1.04. The van der Waals surface area contributed by atoms with Crippen LogP contribution in [0.4, 0.5) is 4.79 Å². The highest BCUT2D eigenvalue weighted by Crippen LogP contribution is 2.16. The highest BCUT2D eigenvalue weighted by atomic mass is 16.2. The van der Waals surface area contributed by atoms with Crippen molar-refractivity contribution >= 4 is 6.03 Å². The number of hydrogen-bond donors (Lipinski definition) is 1. The molecule has 1 rings (SSSR count). The molecule has 0 bridgehead atoms. The molecule has 1 atom stereocenters. The Bertz CT molecular complexity index is 286. The summed E-state index contributed by atoms with van der Waals surface area (Å²) in [7, 11) is 1.67. The Balaban J connectivity index is 2.79. The van der Waals surface area contributed by atoms with Crippen LogP contribution in [0.15, 0.2) is 24.5 Å². The maximum absolute atomic E-state index is 10.8. The fourth-order valence-corrected chi connectivity index (χ4v) is 1.04. The summed E-state index contributed by atoms with van der Waals surface area (Å²) in [5.74, 6) is 0. The number of nitrogens with zero attached hydrogens (tertiary/aromatic N) is 2. The van der Waals surface area contributed by atoms with E-state index < -0.39 is 6.03 Å². The van der Waals surface area contributed by atoms with Gasteiger partial charge in [-0.15, -0.1) is 0 Å². The van der Waals surface area contributed by atoms with E-state index in [0.717, 1.165) is 5.56 Å². The third-order valence-corrected chi connectivity index (χ3v) is 2.10. The topological polar surface area (TPSA) is 59.2 Å². The number of pyridine rings is 1. The molecule has 0 aliphatic rings. The number of amides is 2. The number of urea groups is 1. The molecule has 0 aliphatic carbocycles. The third kappa shape index (κ3) is 2.18. The lowest BCUT2D eigenvalue weighted by Crippen LogP contribution is -2.34. The number of nitrogens with two attached hydrogens (primary N) is 1. The van der Waals surface area contributed by atoms with Crippen LogP contribution in [-0.4, -0.2) is 23.0 Å². The molecule has 2 N–H and O–H groups in total. The summed E-state index contributed by atoms with van der Waals surface area (Å²) < 4.78 is 0. The van der Waals surface area contributed by atoms with Crippen LogP contribution in [0.5, 0.6) is 0 Å². The molecule has 0 saturated heterocycles. The van der Waals surface area contributed by atoms with Crippen molar-refractivity contribution in [3.05, 3.63) is 30.1 Å². The summed E-state index contributed by atoms with van der Waals surface area (Å²) in [5, 5.41) is 0. The van der Waals surface area contributed by atoms with E-state index in [1.165, 1.54) is 4.90 Å². The number of rotatable bonds is 2. The van der Waals surface area contributed by atoms with Crippen molar-refractivity contribution in [3.63, 3.8) is 0 Å². The van der Waals surface area contributed by atoms with Crippen molar-refractivity contribution in [1.82, 2.24) is 9.88 Å². The molecule has 0 aromatic carbocycles. The molecule has 0 radical (unpaired) electrons. The highest BCUT2D eigenvalue weighted by molar-refractivity contribution is 5.72. The first-order chi connectivity index (χ1) is 6.13. The Morgan fingerprint density at radius 1 is 1.69 bits per heavy atom. The van der Waals surface area contributed by atoms with E-state index in [9.17, 15) is 4.79 Å². The van der Waals surface area contributed by atoms with E-state index in [1.54, 1.807) is 19.4 Å². The van der Waals surface area contributed by atoms with E-state index >= 15 is 0 Å². The second kappa shape index (κ2) is 3.89. The molecule has 70 valence electrons. The van der Waals surface area contributed by atoms with Crippen molar-refractivity contribution in [2.45, 2.75) is 13.0 Å². The normalized spacial score (nSPS) is 12.2. The van der Waals surface area contributed by atoms with Gasteiger partial charge in [0.25, 0.3) is 0 Å². The summed E-state index contributed by atoms with van der Waals surface area (Å²) in [4.78, 5) is 16.3. The predicted molar refractivity (Wildman–Crippen MR) is 50.0 cm³/mol. The van der Waals surface area contributed by atoms with Gasteiger partial charge in [0.2, 0.25) is 0 Å². The Labute approximate surface area is 77.4 Å². The van der Waals surface area contributed by atoms with Gasteiger partial charge in [-0.25, -0.2) is 4.79 Å². The van der Waals surface area contributed by atoms with Gasteiger partial charge in [-0.05, 0) is 18.6 Å². The third-order valence-electron chi connectivity index (χ3n) is 2.10. The lowest BCUT2D eigenvalue weighted by Gasteiger charge is -2.22. The summed E-state index contributed by atoms with van der Waals surface area (Å²) in [6, 6.07) is 3.28. The first kappa shape index (κ1) is 9.51. The number of primary amides is 1. The van der Waals surface area contributed by atoms with Crippen LogP contribution in [-0.2, 0) is 0 Å². The van der Waals surface area contributed by atoms with Crippen LogP contribution in [0.3, 0.4) is 0 Å². The van der Waals surface area contributed by atoms with E-state index in [2.05, 4.69) is 4.98 Å². The largest absolute Gasteiger partial charge is 0.351 e. The molecule has 1 unspecified atom stereocenters. The Hall–Kier alpha value is -1.58. The number of hydrogen-bond acceptors (Lipinski definition) is 2. The van der Waals surface area contributed by atoms with Crippen LogP contribution in [0.2, 0.25) is 0 Å². The van der Waals surface area contributed by atoms with Crippen LogP contribution < -0.4 is 5.73 Å². The minimum atomic E-state index is -0.434. The SMILES string of the molecule is CC(c1cccnc1)N(C)C(N)=O. The smallest absolute Gasteiger partial charge is 0.315 e. The van der Waals surface area contributed by atoms with Gasteiger partial charge in [0, 0.05) is 19.4 Å². The fraction of sp³-hybridized carbons (Fsp3) is 0.333. The molecular weight excluding hydrogens is 166 g/mol. The first-order valence-corrected chi connectivity index (χ1v) is 4.05. The first-order valence-electron chi connectivity index (χ1n) is 4.05. The lowest BCUT2D eigenvalue weighted by atomic mass is 10.1. The van der Waals surface area contributed by atoms with Crippen molar-refractivity contribution in [1.29, 1.82) is 0 Å². The molecule has 2 amide bonds. The van der Waals surface area contributed by atoms with Crippen molar-refractivity contribution in [3.8, 4) is 0 Å².